The van der Waals surface area contributed by atoms with E-state index in [1.54, 1.807) is 18.2 Å². The molecule has 49 heavy (non-hydrogen) atoms. The zero-order chi connectivity index (χ0) is 33.6. The van der Waals surface area contributed by atoms with Gasteiger partial charge in [-0.1, -0.05) is 26.8 Å². The lowest BCUT2D eigenvalue weighted by molar-refractivity contribution is 0.0176. The van der Waals surface area contributed by atoms with Crippen molar-refractivity contribution < 1.29 is 23.4 Å². The first-order valence-corrected chi connectivity index (χ1v) is 18.2. The highest BCUT2D eigenvalue weighted by molar-refractivity contribution is 6.04. The van der Waals surface area contributed by atoms with E-state index in [-0.39, 0.29) is 34.4 Å². The van der Waals surface area contributed by atoms with Crippen LogP contribution >= 0.6 is 0 Å². The van der Waals surface area contributed by atoms with E-state index in [0.717, 1.165) is 70.5 Å². The number of hydrogen-bond acceptors (Lipinski definition) is 8. The van der Waals surface area contributed by atoms with E-state index in [1.165, 1.54) is 6.07 Å². The van der Waals surface area contributed by atoms with Gasteiger partial charge in [-0.2, -0.15) is 9.97 Å². The van der Waals surface area contributed by atoms with Crippen molar-refractivity contribution in [3.8, 4) is 22.9 Å². The fourth-order valence-electron chi connectivity index (χ4n) is 9.10. The molecule has 5 aliphatic rings. The summed E-state index contributed by atoms with van der Waals surface area (Å²) in [6.45, 7) is 10.8. The Morgan fingerprint density at radius 3 is 2.55 bits per heavy atom. The highest BCUT2D eigenvalue weighted by Gasteiger charge is 2.49. The molecule has 0 amide bonds. The van der Waals surface area contributed by atoms with Crippen molar-refractivity contribution in [1.82, 2.24) is 20.2 Å². The molecule has 3 aromatic carbocycles. The van der Waals surface area contributed by atoms with Gasteiger partial charge in [-0.15, -0.1) is 0 Å². The molecule has 1 aliphatic carbocycles. The van der Waals surface area contributed by atoms with Crippen LogP contribution in [0.15, 0.2) is 30.3 Å². The Bertz CT molecular complexity index is 1950. The predicted octanol–water partition coefficient (Wildman–Crippen LogP) is 6.69. The number of hydrogen-bond donors (Lipinski definition) is 2. The maximum atomic E-state index is 17.5. The van der Waals surface area contributed by atoms with Crippen LogP contribution in [0.5, 0.6) is 11.8 Å². The monoisotopic (exact) mass is 669 g/mol. The summed E-state index contributed by atoms with van der Waals surface area (Å²) in [5.74, 6) is -0.215. The topological polar surface area (TPSA) is 83.0 Å². The fraction of sp³-hybridized carbons (Fsp3) is 0.538. The average Bonchev–Trinajstić information content (AvgIpc) is 3.34. The van der Waals surface area contributed by atoms with E-state index in [0.29, 0.717) is 75.9 Å². The van der Waals surface area contributed by atoms with Crippen molar-refractivity contribution >= 4 is 27.5 Å². The summed E-state index contributed by atoms with van der Waals surface area (Å²) >= 11 is 0. The van der Waals surface area contributed by atoms with Crippen molar-refractivity contribution in [2.75, 3.05) is 44.3 Å². The van der Waals surface area contributed by atoms with E-state index >= 15 is 8.78 Å². The number of fused-ring (bicyclic) bond motifs is 6. The number of rotatable bonds is 9. The van der Waals surface area contributed by atoms with Gasteiger partial charge in [0, 0.05) is 60.7 Å². The third-order valence-electron chi connectivity index (χ3n) is 11.9. The molecule has 258 valence electrons. The van der Waals surface area contributed by atoms with Gasteiger partial charge in [0.1, 0.15) is 22.9 Å². The lowest BCUT2D eigenvalue weighted by Gasteiger charge is -2.34. The first-order valence-electron chi connectivity index (χ1n) is 18.2. The van der Waals surface area contributed by atoms with Crippen LogP contribution in [0.1, 0.15) is 69.9 Å². The Labute approximate surface area is 285 Å². The molecule has 0 radical (unpaired) electrons. The number of nitrogens with one attached hydrogen (secondary N) is 1. The maximum Gasteiger partial charge on any atom is 0.319 e. The van der Waals surface area contributed by atoms with Crippen LogP contribution in [0, 0.1) is 17.0 Å². The van der Waals surface area contributed by atoms with E-state index in [1.807, 2.05) is 26.8 Å². The number of aryl methyl sites for hydroxylation is 1. The normalized spacial score (nSPS) is 25.7. The fourth-order valence-corrected chi connectivity index (χ4v) is 9.10. The standard InChI is InChI=1S/C39H45F2N5O3/c1-4-28-32(40)8-5-22-11-26(47)13-30(33(22)28)34-29(21(2)3)14-31-36(35(34)41)43-38(44-37(31)45-15-23-6-7-24(16-45)42-23)49-20-39(9-10-39)19-46-17-27-12-25(46)18-48-27/h5,8,11,13-14,21,23-25,27,42,47H,4,6-7,9-10,12,15-20H2,1-3H3/t23?,24?,25-,27-/m0/s1. The minimum atomic E-state index is -0.500. The highest BCUT2D eigenvalue weighted by atomic mass is 19.1. The number of phenols is 1. The number of likely N-dealkylation sites (tertiary alicyclic amines) is 1. The predicted molar refractivity (Wildman–Crippen MR) is 187 cm³/mol. The summed E-state index contributed by atoms with van der Waals surface area (Å²) in [4.78, 5) is 14.7. The molecule has 5 fully saturated rings. The molecule has 4 atom stereocenters. The third-order valence-corrected chi connectivity index (χ3v) is 11.9. The molecule has 4 aromatic rings. The molecule has 9 rings (SSSR count). The van der Waals surface area contributed by atoms with Gasteiger partial charge < -0.3 is 24.8 Å². The van der Waals surface area contributed by atoms with Gasteiger partial charge in [-0.25, -0.2) is 8.78 Å². The zero-order valence-corrected chi connectivity index (χ0v) is 28.6. The smallest absolute Gasteiger partial charge is 0.319 e. The number of aromatic nitrogens is 2. The van der Waals surface area contributed by atoms with Gasteiger partial charge in [0.25, 0.3) is 0 Å². The number of ether oxygens (including phenoxy) is 2. The number of nitrogens with zero attached hydrogens (tertiary/aromatic N) is 4. The molecule has 4 aliphatic heterocycles. The van der Waals surface area contributed by atoms with Gasteiger partial charge in [0.2, 0.25) is 0 Å². The van der Waals surface area contributed by atoms with E-state index in [2.05, 4.69) is 15.1 Å². The molecule has 2 N–H and O–H groups in total. The molecular formula is C39H45F2N5O3. The molecule has 0 spiro atoms. The summed E-state index contributed by atoms with van der Waals surface area (Å²) in [6.07, 6.45) is 6.27. The lowest BCUT2D eigenvalue weighted by Crippen LogP contribution is -2.51. The van der Waals surface area contributed by atoms with Gasteiger partial charge in [0.15, 0.2) is 5.82 Å². The van der Waals surface area contributed by atoms with Crippen molar-refractivity contribution in [3.05, 3.63) is 53.1 Å². The summed E-state index contributed by atoms with van der Waals surface area (Å²) in [6, 6.07) is 9.68. The quantitative estimate of drug-likeness (QED) is 0.204. The van der Waals surface area contributed by atoms with Crippen LogP contribution in [0.2, 0.25) is 0 Å². The number of aromatic hydroxyl groups is 1. The number of phenolic OH excluding ortho intramolecular Hbond substituents is 1. The van der Waals surface area contributed by atoms with Crippen LogP contribution in [0.4, 0.5) is 14.6 Å². The molecule has 5 heterocycles. The molecule has 1 saturated carbocycles. The Kier molecular flexibility index (Phi) is 7.52. The first-order chi connectivity index (χ1) is 23.7. The van der Waals surface area contributed by atoms with Crippen LogP contribution in [-0.4, -0.2) is 83.6 Å². The molecule has 2 unspecified atom stereocenters. The van der Waals surface area contributed by atoms with Crippen molar-refractivity contribution in [3.63, 3.8) is 0 Å². The molecule has 4 saturated heterocycles. The van der Waals surface area contributed by atoms with Crippen LogP contribution in [0.3, 0.4) is 0 Å². The van der Waals surface area contributed by atoms with Gasteiger partial charge in [-0.3, -0.25) is 4.90 Å². The number of morpholine rings is 1. The van der Waals surface area contributed by atoms with Crippen molar-refractivity contribution in [1.29, 1.82) is 0 Å². The Hall–Kier alpha value is -3.60. The summed E-state index contributed by atoms with van der Waals surface area (Å²) < 4.78 is 45.1. The van der Waals surface area contributed by atoms with Gasteiger partial charge in [-0.05, 0) is 96.2 Å². The second-order valence-corrected chi connectivity index (χ2v) is 15.6. The van der Waals surface area contributed by atoms with E-state index in [4.69, 9.17) is 19.4 Å². The zero-order valence-electron chi connectivity index (χ0n) is 28.6. The number of piperazine rings is 1. The first kappa shape index (κ1) is 31.4. The lowest BCUT2D eigenvalue weighted by atomic mass is 9.86. The number of benzene rings is 3. The summed E-state index contributed by atoms with van der Waals surface area (Å²) in [7, 11) is 0. The Balaban J connectivity index is 1.18. The van der Waals surface area contributed by atoms with Gasteiger partial charge >= 0.3 is 6.01 Å². The number of anilines is 1. The van der Waals surface area contributed by atoms with Crippen LogP contribution in [-0.2, 0) is 11.2 Å². The average molecular weight is 670 g/mol. The highest BCUT2D eigenvalue weighted by Crippen LogP contribution is 2.49. The molecule has 4 bridgehead atoms. The second-order valence-electron chi connectivity index (χ2n) is 15.6. The Morgan fingerprint density at radius 1 is 1.08 bits per heavy atom. The van der Waals surface area contributed by atoms with E-state index < -0.39 is 5.82 Å². The molecule has 1 aromatic heterocycles. The second kappa shape index (κ2) is 11.7. The van der Waals surface area contributed by atoms with Gasteiger partial charge in [0.05, 0.1) is 19.3 Å². The largest absolute Gasteiger partial charge is 0.508 e. The molecule has 10 heteroatoms. The summed E-state index contributed by atoms with van der Waals surface area (Å²) in [5, 5.41) is 16.5. The SMILES string of the molecule is CCc1c(F)ccc2cc(O)cc(-c3c(C(C)C)cc4c(N5CC6CCC(C5)N6)nc(OCC5(CN6C[C@@H]7C[C@H]6CO7)CC5)nc4c3F)c12. The van der Waals surface area contributed by atoms with Crippen LogP contribution < -0.4 is 15.0 Å². The molecule has 8 nitrogen and oxygen atoms in total. The van der Waals surface area contributed by atoms with E-state index in [9.17, 15) is 5.11 Å². The van der Waals surface area contributed by atoms with Crippen molar-refractivity contribution in [2.45, 2.75) is 89.4 Å². The minimum absolute atomic E-state index is 0.00146. The number of halogens is 2. The third kappa shape index (κ3) is 5.42. The summed E-state index contributed by atoms with van der Waals surface area (Å²) in [5.41, 5.74) is 2.31. The molecular weight excluding hydrogens is 624 g/mol. The minimum Gasteiger partial charge on any atom is -0.508 e. The Morgan fingerprint density at radius 2 is 1.88 bits per heavy atom. The van der Waals surface area contributed by atoms with Crippen molar-refractivity contribution in [2.24, 2.45) is 5.41 Å². The maximum absolute atomic E-state index is 17.5. The van der Waals surface area contributed by atoms with Crippen LogP contribution in [0.25, 0.3) is 32.8 Å².